The van der Waals surface area contributed by atoms with Gasteiger partial charge in [-0.25, -0.2) is 0 Å². The molecule has 1 saturated heterocycles. The van der Waals surface area contributed by atoms with Crippen LogP contribution in [0.2, 0.25) is 0 Å². The van der Waals surface area contributed by atoms with E-state index in [4.69, 9.17) is 0 Å². The lowest BCUT2D eigenvalue weighted by Gasteiger charge is -2.38. The number of carbonyl (C=O) groups excluding carboxylic acids is 2. The number of ketones is 1. The van der Waals surface area contributed by atoms with Gasteiger partial charge in [0.1, 0.15) is 0 Å². The van der Waals surface area contributed by atoms with E-state index >= 15 is 0 Å². The van der Waals surface area contributed by atoms with E-state index in [9.17, 15) is 9.59 Å². The first kappa shape index (κ1) is 17.5. The molecule has 20 heavy (non-hydrogen) atoms. The van der Waals surface area contributed by atoms with E-state index in [1.165, 1.54) is 0 Å². The Morgan fingerprint density at radius 2 is 2.00 bits per heavy atom. The van der Waals surface area contributed by atoms with Crippen molar-refractivity contribution >= 4 is 23.5 Å². The molecule has 0 aromatic rings. The maximum absolute atomic E-state index is 12.8. The van der Waals surface area contributed by atoms with E-state index in [2.05, 4.69) is 5.32 Å². The third-order valence-electron chi connectivity index (χ3n) is 3.53. The van der Waals surface area contributed by atoms with Gasteiger partial charge < -0.3 is 10.2 Å². The summed E-state index contributed by atoms with van der Waals surface area (Å²) in [5.41, 5.74) is -0.278. The molecule has 1 N–H and O–H groups in total. The largest absolute Gasteiger partial charge is 0.328 e. The normalized spacial score (nSPS) is 23.3. The summed E-state index contributed by atoms with van der Waals surface area (Å²) in [6.45, 7) is 12.2. The van der Waals surface area contributed by atoms with Crippen molar-refractivity contribution in [2.75, 3.05) is 18.1 Å². The number of rotatable bonds is 5. The minimum Gasteiger partial charge on any atom is -0.328 e. The number of thioether (sulfide) groups is 1. The van der Waals surface area contributed by atoms with Crippen molar-refractivity contribution in [3.63, 3.8) is 0 Å². The lowest BCUT2D eigenvalue weighted by atomic mass is 10.0. The average molecular weight is 300 g/mol. The molecule has 0 bridgehead atoms. The Kier molecular flexibility index (Phi) is 6.07. The van der Waals surface area contributed by atoms with Crippen LogP contribution in [0.3, 0.4) is 0 Å². The Labute approximate surface area is 127 Å². The summed E-state index contributed by atoms with van der Waals surface area (Å²) in [7, 11) is 0. The van der Waals surface area contributed by atoms with Gasteiger partial charge in [0.15, 0.2) is 5.78 Å². The number of nitrogens with zero attached hydrogens (tertiary/aromatic N) is 1. The topological polar surface area (TPSA) is 49.4 Å². The lowest BCUT2D eigenvalue weighted by Crippen LogP contribution is -2.57. The minimum absolute atomic E-state index is 0.0361. The summed E-state index contributed by atoms with van der Waals surface area (Å²) in [5.74, 6) is 1.78. The lowest BCUT2D eigenvalue weighted by molar-refractivity contribution is -0.142. The number of amides is 1. The molecular formula is C15H28N2O2S. The van der Waals surface area contributed by atoms with E-state index in [1.54, 1.807) is 16.7 Å². The molecule has 1 amide bonds. The fourth-order valence-corrected chi connectivity index (χ4v) is 3.46. The molecule has 1 atom stereocenters. The molecule has 0 saturated carbocycles. The summed E-state index contributed by atoms with van der Waals surface area (Å²) in [4.78, 5) is 26.6. The van der Waals surface area contributed by atoms with Crippen LogP contribution in [0.1, 0.15) is 41.5 Å². The monoisotopic (exact) mass is 300 g/mol. The molecule has 0 aliphatic carbocycles. The first-order chi connectivity index (χ1) is 9.15. The van der Waals surface area contributed by atoms with E-state index in [1.807, 2.05) is 41.5 Å². The molecule has 1 aliphatic rings. The summed E-state index contributed by atoms with van der Waals surface area (Å²) >= 11 is 1.78. The van der Waals surface area contributed by atoms with Crippen molar-refractivity contribution in [3.05, 3.63) is 0 Å². The van der Waals surface area contributed by atoms with Crippen molar-refractivity contribution in [1.29, 1.82) is 0 Å². The molecule has 0 radical (unpaired) electrons. The van der Waals surface area contributed by atoms with Gasteiger partial charge in [0.2, 0.25) is 5.91 Å². The summed E-state index contributed by atoms with van der Waals surface area (Å²) in [6, 6.07) is 0.0650. The van der Waals surface area contributed by atoms with Crippen LogP contribution in [0, 0.1) is 5.92 Å². The van der Waals surface area contributed by atoms with Crippen LogP contribution in [-0.2, 0) is 9.59 Å². The van der Waals surface area contributed by atoms with Crippen LogP contribution < -0.4 is 5.32 Å². The zero-order valence-corrected chi connectivity index (χ0v) is 14.3. The third-order valence-corrected chi connectivity index (χ3v) is 5.01. The highest BCUT2D eigenvalue weighted by molar-refractivity contribution is 7.99. The Balaban J connectivity index is 2.93. The zero-order chi connectivity index (χ0) is 15.5. The second-order valence-electron chi connectivity index (χ2n) is 6.75. The van der Waals surface area contributed by atoms with Gasteiger partial charge in [-0.15, -0.1) is 0 Å². The van der Waals surface area contributed by atoms with Gasteiger partial charge in [-0.3, -0.25) is 9.59 Å². The van der Waals surface area contributed by atoms with Gasteiger partial charge in [-0.2, -0.15) is 11.8 Å². The molecule has 0 spiro atoms. The number of nitrogens with one attached hydrogen (secondary N) is 1. The first-order valence-corrected chi connectivity index (χ1v) is 8.48. The van der Waals surface area contributed by atoms with Crippen molar-refractivity contribution in [2.45, 2.75) is 59.2 Å². The van der Waals surface area contributed by atoms with E-state index in [0.29, 0.717) is 0 Å². The molecule has 1 unspecified atom stereocenters. The van der Waals surface area contributed by atoms with Gasteiger partial charge in [-0.05, 0) is 13.8 Å². The molecular weight excluding hydrogens is 272 g/mol. The van der Waals surface area contributed by atoms with E-state index < -0.39 is 0 Å². The SMILES string of the molecule is CC(C)NC1CSCC(C)(C)N(CC(=O)C(C)C)C1=O. The molecule has 1 rings (SSSR count). The third kappa shape index (κ3) is 4.48. The first-order valence-electron chi connectivity index (χ1n) is 7.33. The number of hydrogen-bond donors (Lipinski definition) is 1. The molecule has 4 nitrogen and oxygen atoms in total. The Hall–Kier alpha value is -0.550. The number of hydrogen-bond acceptors (Lipinski definition) is 4. The summed E-state index contributed by atoms with van der Waals surface area (Å²) in [5, 5.41) is 3.32. The summed E-state index contributed by atoms with van der Waals surface area (Å²) in [6.07, 6.45) is 0. The zero-order valence-electron chi connectivity index (χ0n) is 13.5. The van der Waals surface area contributed by atoms with Crippen LogP contribution in [0.4, 0.5) is 0 Å². The Morgan fingerprint density at radius 3 is 2.50 bits per heavy atom. The second kappa shape index (κ2) is 6.94. The second-order valence-corrected chi connectivity index (χ2v) is 7.78. The smallest absolute Gasteiger partial charge is 0.241 e. The Bertz CT molecular complexity index is 367. The quantitative estimate of drug-likeness (QED) is 0.843. The molecule has 1 fully saturated rings. The molecule has 1 heterocycles. The van der Waals surface area contributed by atoms with Crippen molar-refractivity contribution in [2.24, 2.45) is 5.92 Å². The average Bonchev–Trinajstić information content (AvgIpc) is 2.40. The standard InChI is InChI=1S/C15H28N2O2S/c1-10(2)13(18)7-17-14(19)12(16-11(3)4)8-20-9-15(17,5)6/h10-12,16H,7-9H2,1-6H3. The van der Waals surface area contributed by atoms with Crippen LogP contribution in [-0.4, -0.2) is 52.3 Å². The number of carbonyl (C=O) groups is 2. The van der Waals surface area contributed by atoms with Crippen molar-refractivity contribution < 1.29 is 9.59 Å². The van der Waals surface area contributed by atoms with Crippen LogP contribution in [0.15, 0.2) is 0 Å². The highest BCUT2D eigenvalue weighted by Crippen LogP contribution is 2.26. The molecule has 0 aromatic heterocycles. The van der Waals surface area contributed by atoms with E-state index in [0.717, 1.165) is 11.5 Å². The highest BCUT2D eigenvalue weighted by Gasteiger charge is 2.39. The van der Waals surface area contributed by atoms with Crippen molar-refractivity contribution in [3.8, 4) is 0 Å². The molecule has 0 aromatic carbocycles. The molecule has 116 valence electrons. The van der Waals surface area contributed by atoms with Crippen LogP contribution in [0.5, 0.6) is 0 Å². The Morgan fingerprint density at radius 1 is 1.40 bits per heavy atom. The fourth-order valence-electron chi connectivity index (χ4n) is 2.21. The van der Waals surface area contributed by atoms with E-state index in [-0.39, 0.29) is 41.8 Å². The maximum atomic E-state index is 12.8. The van der Waals surface area contributed by atoms with Gasteiger partial charge in [0, 0.05) is 29.0 Å². The van der Waals surface area contributed by atoms with Crippen LogP contribution in [0.25, 0.3) is 0 Å². The van der Waals surface area contributed by atoms with Gasteiger partial charge in [0.05, 0.1) is 12.6 Å². The molecule has 5 heteroatoms. The van der Waals surface area contributed by atoms with Crippen molar-refractivity contribution in [1.82, 2.24) is 10.2 Å². The fraction of sp³-hybridized carbons (Fsp3) is 0.867. The molecule has 1 aliphatic heterocycles. The highest BCUT2D eigenvalue weighted by atomic mass is 32.2. The predicted octanol–water partition coefficient (Wildman–Crippen LogP) is 1.93. The van der Waals surface area contributed by atoms with Gasteiger partial charge >= 0.3 is 0 Å². The summed E-state index contributed by atoms with van der Waals surface area (Å²) < 4.78 is 0. The van der Waals surface area contributed by atoms with Gasteiger partial charge in [-0.1, -0.05) is 27.7 Å². The predicted molar refractivity (Wildman–Crippen MR) is 85.0 cm³/mol. The number of Topliss-reactive ketones (excluding diaryl/α,β-unsaturated/α-hetero) is 1. The van der Waals surface area contributed by atoms with Gasteiger partial charge in [0.25, 0.3) is 0 Å². The van der Waals surface area contributed by atoms with Crippen LogP contribution >= 0.6 is 11.8 Å². The minimum atomic E-state index is -0.278. The maximum Gasteiger partial charge on any atom is 0.241 e.